The first-order valence-electron chi connectivity index (χ1n) is 7.32. The number of amides is 1. The fourth-order valence-electron chi connectivity index (χ4n) is 2.08. The molecule has 0 aliphatic heterocycles. The Morgan fingerprint density at radius 2 is 2.17 bits per heavy atom. The van der Waals surface area contributed by atoms with E-state index in [1.807, 2.05) is 32.0 Å². The van der Waals surface area contributed by atoms with Crippen molar-refractivity contribution in [3.05, 3.63) is 47.0 Å². The first-order chi connectivity index (χ1) is 11.6. The van der Waals surface area contributed by atoms with Gasteiger partial charge in [0.25, 0.3) is 0 Å². The number of furan rings is 1. The molecule has 0 saturated carbocycles. The average Bonchev–Trinajstić information content (AvgIpc) is 3.21. The zero-order valence-corrected chi connectivity index (χ0v) is 14.9. The fourth-order valence-corrected chi connectivity index (χ4v) is 3.61. The zero-order valence-electron chi connectivity index (χ0n) is 13.3. The van der Waals surface area contributed by atoms with Crippen LogP contribution >= 0.6 is 23.1 Å². The second-order valence-corrected chi connectivity index (χ2v) is 7.25. The van der Waals surface area contributed by atoms with Crippen LogP contribution in [0.15, 0.2) is 40.0 Å². The van der Waals surface area contributed by atoms with Gasteiger partial charge < -0.3 is 9.73 Å². The number of hydrogen-bond donors (Lipinski definition) is 1. The summed E-state index contributed by atoms with van der Waals surface area (Å²) in [6.07, 6.45) is 1.58. The summed E-state index contributed by atoms with van der Waals surface area (Å²) >= 11 is 2.95. The molecule has 3 rings (SSSR count). The largest absolute Gasteiger partial charge is 0.467 e. The molecule has 24 heavy (non-hydrogen) atoms. The van der Waals surface area contributed by atoms with Gasteiger partial charge in [-0.15, -0.1) is 21.5 Å². The molecule has 0 atom stereocenters. The lowest BCUT2D eigenvalue weighted by atomic mass is 10.3. The van der Waals surface area contributed by atoms with Gasteiger partial charge in [-0.25, -0.2) is 4.98 Å². The van der Waals surface area contributed by atoms with Gasteiger partial charge in [0.05, 0.1) is 34.1 Å². The monoisotopic (exact) mass is 360 g/mol. The van der Waals surface area contributed by atoms with Crippen molar-refractivity contribution in [2.24, 2.45) is 0 Å². The first kappa shape index (κ1) is 16.7. The molecule has 6 nitrogen and oxygen atoms in total. The first-order valence-corrected chi connectivity index (χ1v) is 9.12. The highest BCUT2D eigenvalue weighted by atomic mass is 32.2. The van der Waals surface area contributed by atoms with Crippen LogP contribution in [0, 0.1) is 13.8 Å². The third-order valence-corrected chi connectivity index (χ3v) is 5.18. The maximum absolute atomic E-state index is 11.8. The van der Waals surface area contributed by atoms with Crippen molar-refractivity contribution in [1.29, 1.82) is 0 Å². The Balaban J connectivity index is 1.52. The Morgan fingerprint density at radius 3 is 2.79 bits per heavy atom. The Kier molecular flexibility index (Phi) is 5.27. The summed E-state index contributed by atoms with van der Waals surface area (Å²) < 4.78 is 5.17. The number of hydrogen-bond acceptors (Lipinski definition) is 7. The third-order valence-electron chi connectivity index (χ3n) is 3.17. The number of thioether (sulfide) groups is 1. The number of nitrogens with one attached hydrogen (secondary N) is 1. The van der Waals surface area contributed by atoms with Crippen LogP contribution in [0.2, 0.25) is 0 Å². The van der Waals surface area contributed by atoms with Crippen LogP contribution in [0.5, 0.6) is 0 Å². The molecule has 0 spiro atoms. The summed E-state index contributed by atoms with van der Waals surface area (Å²) in [4.78, 5) is 17.2. The van der Waals surface area contributed by atoms with E-state index in [4.69, 9.17) is 4.42 Å². The van der Waals surface area contributed by atoms with E-state index >= 15 is 0 Å². The summed E-state index contributed by atoms with van der Waals surface area (Å²) in [6, 6.07) is 7.40. The van der Waals surface area contributed by atoms with E-state index in [0.717, 1.165) is 27.0 Å². The lowest BCUT2D eigenvalue weighted by Crippen LogP contribution is -2.24. The Bertz CT molecular complexity index is 813. The van der Waals surface area contributed by atoms with Crippen molar-refractivity contribution in [3.63, 3.8) is 0 Å². The summed E-state index contributed by atoms with van der Waals surface area (Å²) in [5, 5.41) is 12.9. The topological polar surface area (TPSA) is 80.9 Å². The molecule has 3 aromatic rings. The van der Waals surface area contributed by atoms with Crippen LogP contribution in [-0.2, 0) is 11.3 Å². The van der Waals surface area contributed by atoms with Gasteiger partial charge in [0, 0.05) is 0 Å². The molecule has 1 N–H and O–H groups in total. The van der Waals surface area contributed by atoms with Gasteiger partial charge in [0.1, 0.15) is 16.5 Å². The van der Waals surface area contributed by atoms with Gasteiger partial charge in [0.15, 0.2) is 0 Å². The predicted octanol–water partition coefficient (Wildman–Crippen LogP) is 3.22. The second-order valence-electron chi connectivity index (χ2n) is 5.05. The van der Waals surface area contributed by atoms with Crippen LogP contribution in [0.3, 0.4) is 0 Å². The van der Waals surface area contributed by atoms with E-state index in [0.29, 0.717) is 11.6 Å². The number of rotatable bonds is 6. The molecular formula is C16H16N4O2S2. The molecule has 0 aliphatic rings. The highest BCUT2D eigenvalue weighted by Crippen LogP contribution is 2.28. The highest BCUT2D eigenvalue weighted by molar-refractivity contribution is 7.99. The van der Waals surface area contributed by atoms with E-state index in [1.54, 1.807) is 23.7 Å². The van der Waals surface area contributed by atoms with E-state index in [9.17, 15) is 4.79 Å². The smallest absolute Gasteiger partial charge is 0.230 e. The van der Waals surface area contributed by atoms with Gasteiger partial charge in [-0.3, -0.25) is 4.79 Å². The van der Waals surface area contributed by atoms with Crippen molar-refractivity contribution in [2.45, 2.75) is 25.4 Å². The number of carbonyl (C=O) groups excluding carboxylic acids is 1. The molecule has 8 heteroatoms. The molecule has 124 valence electrons. The summed E-state index contributed by atoms with van der Waals surface area (Å²) in [6.45, 7) is 4.33. The fraction of sp³-hybridized carbons (Fsp3) is 0.250. The van der Waals surface area contributed by atoms with Gasteiger partial charge >= 0.3 is 0 Å². The van der Waals surface area contributed by atoms with Crippen LogP contribution in [0.1, 0.15) is 16.5 Å². The minimum absolute atomic E-state index is 0.0730. The maximum Gasteiger partial charge on any atom is 0.230 e. The maximum atomic E-state index is 11.8. The van der Waals surface area contributed by atoms with E-state index in [-0.39, 0.29) is 11.7 Å². The van der Waals surface area contributed by atoms with Gasteiger partial charge in [-0.2, -0.15) is 0 Å². The average molecular weight is 360 g/mol. The molecule has 0 saturated heterocycles. The molecular weight excluding hydrogens is 344 g/mol. The minimum atomic E-state index is -0.0730. The van der Waals surface area contributed by atoms with Crippen molar-refractivity contribution < 1.29 is 9.21 Å². The third kappa shape index (κ3) is 4.21. The number of aryl methyl sites for hydroxylation is 2. The molecule has 1 amide bonds. The molecule has 0 aliphatic carbocycles. The van der Waals surface area contributed by atoms with E-state index in [2.05, 4.69) is 20.5 Å². The van der Waals surface area contributed by atoms with Crippen molar-refractivity contribution in [2.75, 3.05) is 5.75 Å². The molecule has 0 fully saturated rings. The molecule has 3 heterocycles. The van der Waals surface area contributed by atoms with Gasteiger partial charge in [0.2, 0.25) is 5.91 Å². The molecule has 3 aromatic heterocycles. The van der Waals surface area contributed by atoms with Crippen LogP contribution in [0.25, 0.3) is 10.6 Å². The van der Waals surface area contributed by atoms with Crippen LogP contribution in [0.4, 0.5) is 0 Å². The van der Waals surface area contributed by atoms with Crippen molar-refractivity contribution in [1.82, 2.24) is 20.5 Å². The minimum Gasteiger partial charge on any atom is -0.467 e. The number of thiazole rings is 1. The Hall–Kier alpha value is -2.19. The standard InChI is InChI=1S/C16H16N4O2S2/c1-10-16(24-11(2)18-10)13-5-6-15(20-19-13)23-9-14(21)17-8-12-4-3-7-22-12/h3-7H,8-9H2,1-2H3,(H,17,21). The zero-order chi connectivity index (χ0) is 16.9. The normalized spacial score (nSPS) is 10.8. The molecule has 0 radical (unpaired) electrons. The van der Waals surface area contributed by atoms with Gasteiger partial charge in [-0.1, -0.05) is 11.8 Å². The lowest BCUT2D eigenvalue weighted by Gasteiger charge is -2.03. The van der Waals surface area contributed by atoms with E-state index in [1.165, 1.54) is 11.8 Å². The quantitative estimate of drug-likeness (QED) is 0.680. The number of nitrogens with zero attached hydrogens (tertiary/aromatic N) is 3. The SMILES string of the molecule is Cc1nc(C)c(-c2ccc(SCC(=O)NCc3ccco3)nn2)s1. The van der Waals surface area contributed by atoms with Gasteiger partial charge in [-0.05, 0) is 38.1 Å². The Morgan fingerprint density at radius 1 is 1.29 bits per heavy atom. The van der Waals surface area contributed by atoms with Crippen LogP contribution < -0.4 is 5.32 Å². The summed E-state index contributed by atoms with van der Waals surface area (Å²) in [5.74, 6) is 0.942. The van der Waals surface area contributed by atoms with Crippen molar-refractivity contribution >= 4 is 29.0 Å². The van der Waals surface area contributed by atoms with Crippen molar-refractivity contribution in [3.8, 4) is 10.6 Å². The number of aromatic nitrogens is 3. The number of carbonyl (C=O) groups is 1. The highest BCUT2D eigenvalue weighted by Gasteiger charge is 2.10. The molecule has 0 aromatic carbocycles. The predicted molar refractivity (Wildman–Crippen MR) is 93.9 cm³/mol. The Labute approximate surface area is 147 Å². The summed E-state index contributed by atoms with van der Waals surface area (Å²) in [5.41, 5.74) is 1.77. The van der Waals surface area contributed by atoms with E-state index < -0.39 is 0 Å². The lowest BCUT2D eigenvalue weighted by molar-refractivity contribution is -0.118. The molecule has 0 unspecified atom stereocenters. The summed E-state index contributed by atoms with van der Waals surface area (Å²) in [7, 11) is 0. The molecule has 0 bridgehead atoms. The second kappa shape index (κ2) is 7.59. The van der Waals surface area contributed by atoms with Crippen LogP contribution in [-0.4, -0.2) is 26.8 Å².